The smallest absolute Gasteiger partial charge is 0.254 e. The zero-order valence-corrected chi connectivity index (χ0v) is 17.5. The lowest BCUT2D eigenvalue weighted by atomic mass is 9.85. The average molecular weight is 415 g/mol. The normalized spacial score (nSPS) is 30.0. The highest BCUT2D eigenvalue weighted by Crippen LogP contribution is 2.40. The predicted molar refractivity (Wildman–Crippen MR) is 109 cm³/mol. The lowest BCUT2D eigenvalue weighted by Gasteiger charge is -2.52. The van der Waals surface area contributed by atoms with E-state index in [1.165, 1.54) is 0 Å². The van der Waals surface area contributed by atoms with Crippen molar-refractivity contribution >= 4 is 11.8 Å². The van der Waals surface area contributed by atoms with Crippen LogP contribution in [0.3, 0.4) is 0 Å². The fourth-order valence-electron chi connectivity index (χ4n) is 5.23. The molecule has 1 spiro atoms. The fourth-order valence-corrected chi connectivity index (χ4v) is 5.23. The molecule has 2 amide bonds. The molecule has 8 nitrogen and oxygen atoms in total. The third-order valence-electron chi connectivity index (χ3n) is 7.21. The maximum atomic E-state index is 13.8. The van der Waals surface area contributed by atoms with Gasteiger partial charge in [0.15, 0.2) is 6.10 Å². The summed E-state index contributed by atoms with van der Waals surface area (Å²) >= 11 is 0. The van der Waals surface area contributed by atoms with Crippen LogP contribution in [-0.4, -0.2) is 95.7 Å². The number of carbonyl (C=O) groups excluding carboxylic acids is 2. The monoisotopic (exact) mass is 414 g/mol. The molecule has 0 N–H and O–H groups in total. The molecule has 2 atom stereocenters. The first-order chi connectivity index (χ1) is 14.6. The Morgan fingerprint density at radius 3 is 2.73 bits per heavy atom. The molecule has 162 valence electrons. The largest absolute Gasteiger partial charge is 0.381 e. The van der Waals surface area contributed by atoms with Gasteiger partial charge >= 0.3 is 0 Å². The standard InChI is InChI=1S/C22H30N4O4/c1-24-9-10-25(15-22(24)6-11-29-12-7-22)21(28)20-19(16-3-2-8-23-13-16)26(17-4-5-17)18(27)14-30-20/h2-3,8,13,17,19-20H,4-7,9-12,14-15H2,1H3/t19-,20+/m1/s1. The van der Waals surface area contributed by atoms with Crippen molar-refractivity contribution in [2.45, 2.75) is 49.4 Å². The van der Waals surface area contributed by atoms with E-state index >= 15 is 0 Å². The van der Waals surface area contributed by atoms with Gasteiger partial charge in [-0.15, -0.1) is 0 Å². The number of amides is 2. The van der Waals surface area contributed by atoms with E-state index in [2.05, 4.69) is 16.9 Å². The van der Waals surface area contributed by atoms with Gasteiger partial charge in [0, 0.05) is 56.8 Å². The van der Waals surface area contributed by atoms with Crippen LogP contribution in [0.5, 0.6) is 0 Å². The SMILES string of the molecule is CN1CCN(C(=O)[C@H]2OCC(=O)N(C3CC3)[C@@H]2c2cccnc2)CC12CCOCC2. The lowest BCUT2D eigenvalue weighted by molar-refractivity contribution is -0.174. The van der Waals surface area contributed by atoms with Crippen LogP contribution in [0.15, 0.2) is 24.5 Å². The van der Waals surface area contributed by atoms with Crippen molar-refractivity contribution in [1.82, 2.24) is 19.7 Å². The quantitative estimate of drug-likeness (QED) is 0.730. The number of nitrogens with zero attached hydrogens (tertiary/aromatic N) is 4. The molecule has 1 aliphatic carbocycles. The third kappa shape index (κ3) is 3.50. The van der Waals surface area contributed by atoms with Gasteiger partial charge in [-0.05, 0) is 44.4 Å². The van der Waals surface area contributed by atoms with Crippen LogP contribution in [0, 0.1) is 0 Å². The van der Waals surface area contributed by atoms with Gasteiger partial charge in [-0.25, -0.2) is 0 Å². The van der Waals surface area contributed by atoms with Crippen molar-refractivity contribution in [3.8, 4) is 0 Å². The Bertz CT molecular complexity index is 794. The van der Waals surface area contributed by atoms with Crippen LogP contribution in [0.2, 0.25) is 0 Å². The summed E-state index contributed by atoms with van der Waals surface area (Å²) < 4.78 is 11.5. The third-order valence-corrected chi connectivity index (χ3v) is 7.21. The molecule has 4 heterocycles. The Morgan fingerprint density at radius 1 is 1.23 bits per heavy atom. The zero-order chi connectivity index (χ0) is 20.7. The van der Waals surface area contributed by atoms with E-state index in [1.807, 2.05) is 21.9 Å². The van der Waals surface area contributed by atoms with E-state index < -0.39 is 12.1 Å². The molecule has 3 aliphatic heterocycles. The van der Waals surface area contributed by atoms with Crippen molar-refractivity contribution in [2.24, 2.45) is 0 Å². The molecule has 4 fully saturated rings. The van der Waals surface area contributed by atoms with Gasteiger partial charge in [-0.2, -0.15) is 0 Å². The Labute approximate surface area is 177 Å². The molecule has 1 aromatic heterocycles. The first-order valence-corrected chi connectivity index (χ1v) is 11.0. The summed E-state index contributed by atoms with van der Waals surface area (Å²) in [4.78, 5) is 37.0. The maximum Gasteiger partial charge on any atom is 0.254 e. The molecule has 3 saturated heterocycles. The second-order valence-corrected chi connectivity index (χ2v) is 9.01. The average Bonchev–Trinajstić information content (AvgIpc) is 3.61. The highest BCUT2D eigenvalue weighted by molar-refractivity contribution is 5.87. The second kappa shape index (κ2) is 7.90. The molecule has 1 aromatic rings. The number of pyridine rings is 1. The fraction of sp³-hybridized carbons (Fsp3) is 0.682. The molecular formula is C22H30N4O4. The number of hydrogen-bond donors (Lipinski definition) is 0. The molecule has 0 bridgehead atoms. The first kappa shape index (κ1) is 19.9. The minimum Gasteiger partial charge on any atom is -0.381 e. The summed E-state index contributed by atoms with van der Waals surface area (Å²) in [6, 6.07) is 3.59. The number of morpholine rings is 1. The molecule has 0 radical (unpaired) electrons. The van der Waals surface area contributed by atoms with E-state index in [9.17, 15) is 9.59 Å². The highest BCUT2D eigenvalue weighted by atomic mass is 16.5. The van der Waals surface area contributed by atoms with Gasteiger partial charge in [0.25, 0.3) is 5.91 Å². The maximum absolute atomic E-state index is 13.8. The van der Waals surface area contributed by atoms with Crippen LogP contribution >= 0.6 is 0 Å². The molecule has 5 rings (SSSR count). The van der Waals surface area contributed by atoms with Crippen molar-refractivity contribution in [3.63, 3.8) is 0 Å². The molecule has 1 saturated carbocycles. The predicted octanol–water partition coefficient (Wildman–Crippen LogP) is 0.836. The molecule has 4 aliphatic rings. The van der Waals surface area contributed by atoms with Crippen molar-refractivity contribution in [1.29, 1.82) is 0 Å². The number of carbonyl (C=O) groups is 2. The van der Waals surface area contributed by atoms with E-state index in [0.29, 0.717) is 13.1 Å². The number of hydrogen-bond acceptors (Lipinski definition) is 6. The summed E-state index contributed by atoms with van der Waals surface area (Å²) in [5, 5.41) is 0. The summed E-state index contributed by atoms with van der Waals surface area (Å²) in [5.74, 6) is -0.0457. The van der Waals surface area contributed by atoms with Gasteiger partial charge in [0.2, 0.25) is 5.91 Å². The first-order valence-electron chi connectivity index (χ1n) is 11.0. The van der Waals surface area contributed by atoms with E-state index in [-0.39, 0.29) is 30.0 Å². The number of ether oxygens (including phenoxy) is 2. The van der Waals surface area contributed by atoms with Crippen LogP contribution in [0.1, 0.15) is 37.3 Å². The van der Waals surface area contributed by atoms with Crippen LogP contribution < -0.4 is 0 Å². The summed E-state index contributed by atoms with van der Waals surface area (Å²) in [6.07, 6.45) is 6.61. The second-order valence-electron chi connectivity index (χ2n) is 9.01. The minimum atomic E-state index is -0.687. The van der Waals surface area contributed by atoms with Crippen molar-refractivity contribution in [3.05, 3.63) is 30.1 Å². The van der Waals surface area contributed by atoms with Crippen molar-refractivity contribution in [2.75, 3.05) is 46.5 Å². The molecule has 0 unspecified atom stereocenters. The Kier molecular flexibility index (Phi) is 5.24. The van der Waals surface area contributed by atoms with E-state index in [0.717, 1.165) is 51.0 Å². The zero-order valence-electron chi connectivity index (χ0n) is 17.5. The van der Waals surface area contributed by atoms with Crippen LogP contribution in [0.25, 0.3) is 0 Å². The van der Waals surface area contributed by atoms with Crippen LogP contribution in [0.4, 0.5) is 0 Å². The number of piperazine rings is 1. The van der Waals surface area contributed by atoms with Gasteiger partial charge in [0.05, 0.1) is 6.04 Å². The van der Waals surface area contributed by atoms with E-state index in [1.54, 1.807) is 12.4 Å². The highest BCUT2D eigenvalue weighted by Gasteiger charge is 2.50. The molecule has 0 aromatic carbocycles. The Balaban J connectivity index is 1.42. The van der Waals surface area contributed by atoms with Crippen LogP contribution in [-0.2, 0) is 19.1 Å². The van der Waals surface area contributed by atoms with E-state index in [4.69, 9.17) is 9.47 Å². The summed E-state index contributed by atoms with van der Waals surface area (Å²) in [5.41, 5.74) is 0.835. The van der Waals surface area contributed by atoms with Gasteiger partial charge in [-0.3, -0.25) is 19.5 Å². The number of aromatic nitrogens is 1. The Morgan fingerprint density at radius 2 is 2.03 bits per heavy atom. The number of likely N-dealkylation sites (N-methyl/N-ethyl adjacent to an activating group) is 1. The Hall–Kier alpha value is -2.03. The summed E-state index contributed by atoms with van der Waals surface area (Å²) in [6.45, 7) is 3.62. The molecule has 30 heavy (non-hydrogen) atoms. The van der Waals surface area contributed by atoms with Gasteiger partial charge < -0.3 is 19.3 Å². The van der Waals surface area contributed by atoms with Crippen molar-refractivity contribution < 1.29 is 19.1 Å². The topological polar surface area (TPSA) is 75.2 Å². The van der Waals surface area contributed by atoms with Gasteiger partial charge in [0.1, 0.15) is 6.61 Å². The molecular weight excluding hydrogens is 384 g/mol. The minimum absolute atomic E-state index is 0.0130. The lowest BCUT2D eigenvalue weighted by Crippen LogP contribution is -2.66. The summed E-state index contributed by atoms with van der Waals surface area (Å²) in [7, 11) is 2.15. The molecule has 8 heteroatoms. The number of rotatable bonds is 3. The van der Waals surface area contributed by atoms with Gasteiger partial charge in [-0.1, -0.05) is 6.07 Å².